The monoisotopic (exact) mass is 492 g/mol. The van der Waals surface area contributed by atoms with Crippen molar-refractivity contribution in [3.8, 4) is 0 Å². The fourth-order valence-corrected chi connectivity index (χ4v) is 5.52. The quantitative estimate of drug-likeness (QED) is 0.638. The van der Waals surface area contributed by atoms with E-state index in [1.807, 2.05) is 4.90 Å². The van der Waals surface area contributed by atoms with E-state index >= 15 is 0 Å². The van der Waals surface area contributed by atoms with Crippen LogP contribution in [-0.2, 0) is 14.8 Å². The van der Waals surface area contributed by atoms with E-state index in [0.717, 1.165) is 11.3 Å². The maximum absolute atomic E-state index is 12.4. The molecule has 0 unspecified atom stereocenters. The third-order valence-corrected chi connectivity index (χ3v) is 7.56. The Kier molecular flexibility index (Phi) is 7.06. The van der Waals surface area contributed by atoms with Crippen molar-refractivity contribution >= 4 is 62.4 Å². The van der Waals surface area contributed by atoms with Crippen LogP contribution in [0.25, 0.3) is 0 Å². The number of halogens is 2. The van der Waals surface area contributed by atoms with Gasteiger partial charge in [0.1, 0.15) is 10.0 Å². The highest BCUT2D eigenvalue weighted by Crippen LogP contribution is 2.27. The lowest BCUT2D eigenvalue weighted by atomic mass is 10.2. The first-order valence-electron chi connectivity index (χ1n) is 8.86. The number of hydrogen-bond acceptors (Lipinski definition) is 8. The van der Waals surface area contributed by atoms with Crippen molar-refractivity contribution in [3.63, 3.8) is 0 Å². The van der Waals surface area contributed by atoms with E-state index in [1.54, 1.807) is 6.92 Å². The van der Waals surface area contributed by atoms with Gasteiger partial charge in [0, 0.05) is 32.4 Å². The Labute approximate surface area is 187 Å². The van der Waals surface area contributed by atoms with Gasteiger partial charge in [-0.15, -0.1) is 11.3 Å². The minimum absolute atomic E-state index is 0.0304. The molecule has 0 radical (unpaired) electrons. The lowest BCUT2D eigenvalue weighted by molar-refractivity contribution is 0.0526. The molecule has 1 N–H and O–H groups in total. The van der Waals surface area contributed by atoms with Gasteiger partial charge in [-0.05, 0) is 25.1 Å². The van der Waals surface area contributed by atoms with Crippen molar-refractivity contribution in [2.24, 2.45) is 0 Å². The molecule has 1 saturated heterocycles. The molecule has 30 heavy (non-hydrogen) atoms. The number of carbonyl (C=O) groups excluding carboxylic acids is 2. The number of pyridine rings is 1. The predicted octanol–water partition coefficient (Wildman–Crippen LogP) is 2.85. The molecule has 3 rings (SSSR count). The lowest BCUT2D eigenvalue weighted by Gasteiger charge is -2.35. The lowest BCUT2D eigenvalue weighted by Crippen LogP contribution is -2.53. The summed E-state index contributed by atoms with van der Waals surface area (Å²) in [4.78, 5) is 31.7. The first kappa shape index (κ1) is 22.6. The van der Waals surface area contributed by atoms with Crippen molar-refractivity contribution in [2.75, 3.05) is 37.7 Å². The zero-order chi connectivity index (χ0) is 21.9. The van der Waals surface area contributed by atoms with Gasteiger partial charge in [-0.1, -0.05) is 23.2 Å². The van der Waals surface area contributed by atoms with Crippen LogP contribution in [0, 0.1) is 0 Å². The zero-order valence-electron chi connectivity index (χ0n) is 15.8. The summed E-state index contributed by atoms with van der Waals surface area (Å²) in [6.45, 7) is 3.27. The topological polar surface area (TPSA) is 109 Å². The molecule has 0 spiro atoms. The molecular formula is C17H18Cl2N4O5S2. The number of nitrogens with one attached hydrogen (secondary N) is 1. The maximum atomic E-state index is 12.4. The number of hydrogen-bond donors (Lipinski definition) is 1. The van der Waals surface area contributed by atoms with Crippen molar-refractivity contribution in [2.45, 2.75) is 11.1 Å². The first-order valence-corrected chi connectivity index (χ1v) is 11.9. The van der Waals surface area contributed by atoms with Gasteiger partial charge in [-0.3, -0.25) is 0 Å². The number of piperazine rings is 1. The number of rotatable bonds is 5. The van der Waals surface area contributed by atoms with Crippen molar-refractivity contribution in [1.29, 1.82) is 0 Å². The molecule has 1 aliphatic heterocycles. The van der Waals surface area contributed by atoms with Gasteiger partial charge in [-0.25, -0.2) is 27.7 Å². The van der Waals surface area contributed by atoms with Gasteiger partial charge in [0.2, 0.25) is 0 Å². The molecule has 9 nitrogen and oxygen atoms in total. The van der Waals surface area contributed by atoms with Gasteiger partial charge < -0.3 is 14.5 Å². The molecule has 2 aromatic heterocycles. The molecule has 162 valence electrons. The Balaban J connectivity index is 1.60. The van der Waals surface area contributed by atoms with E-state index in [0.29, 0.717) is 23.2 Å². The number of nitrogens with zero attached hydrogens (tertiary/aromatic N) is 3. The molecule has 0 aliphatic carbocycles. The summed E-state index contributed by atoms with van der Waals surface area (Å²) in [6, 6.07) is 3.57. The third-order valence-electron chi connectivity index (χ3n) is 4.23. The largest absolute Gasteiger partial charge is 0.462 e. The summed E-state index contributed by atoms with van der Waals surface area (Å²) in [5, 5.41) is 0.288. The van der Waals surface area contributed by atoms with Crippen molar-refractivity contribution in [1.82, 2.24) is 14.6 Å². The molecule has 0 aromatic carbocycles. The molecule has 0 atom stereocenters. The highest BCUT2D eigenvalue weighted by molar-refractivity contribution is 7.92. The van der Waals surface area contributed by atoms with E-state index in [2.05, 4.69) is 9.71 Å². The average molecular weight is 493 g/mol. The summed E-state index contributed by atoms with van der Waals surface area (Å²) in [7, 11) is -3.98. The van der Waals surface area contributed by atoms with Gasteiger partial charge >= 0.3 is 12.0 Å². The summed E-state index contributed by atoms with van der Waals surface area (Å²) in [5.74, 6) is -0.0289. The number of thiophene rings is 1. The second-order valence-corrected chi connectivity index (χ2v) is 10.2. The summed E-state index contributed by atoms with van der Waals surface area (Å²) in [6.07, 6.45) is 1.39. The molecule has 0 saturated carbocycles. The molecule has 13 heteroatoms. The van der Waals surface area contributed by atoms with Crippen molar-refractivity contribution in [3.05, 3.63) is 39.3 Å². The summed E-state index contributed by atoms with van der Waals surface area (Å²) >= 11 is 12.9. The Bertz CT molecular complexity index is 1050. The SMILES string of the molecule is CCOC(=O)c1cnc(N2CCN(C(=O)NS(=O)(=O)c3ccc(Cl)s3)CC2)c(Cl)c1. The number of anilines is 1. The smallest absolute Gasteiger partial charge is 0.339 e. The van der Waals surface area contributed by atoms with E-state index in [9.17, 15) is 18.0 Å². The van der Waals surface area contributed by atoms with Crippen LogP contribution in [0.4, 0.5) is 10.6 Å². The standard InChI is InChI=1S/C17H18Cl2N4O5S2/c1-2-28-16(24)11-9-12(18)15(20-10-11)22-5-7-23(8-6-22)17(25)21-30(26,27)14-4-3-13(19)29-14/h3-4,9-10H,2,5-8H2,1H3,(H,21,25). The minimum atomic E-state index is -3.98. The second-order valence-electron chi connectivity index (χ2n) is 6.19. The Hall–Kier alpha value is -2.08. The van der Waals surface area contributed by atoms with Gasteiger partial charge in [0.05, 0.1) is 21.5 Å². The Morgan fingerprint density at radius 1 is 1.23 bits per heavy atom. The van der Waals surface area contributed by atoms with Crippen LogP contribution in [0.3, 0.4) is 0 Å². The van der Waals surface area contributed by atoms with E-state index < -0.39 is 22.0 Å². The van der Waals surface area contributed by atoms with Crippen LogP contribution < -0.4 is 9.62 Å². The van der Waals surface area contributed by atoms with Crippen molar-refractivity contribution < 1.29 is 22.7 Å². The fraction of sp³-hybridized carbons (Fsp3) is 0.353. The average Bonchev–Trinajstić information content (AvgIpc) is 3.15. The number of esters is 1. The van der Waals surface area contributed by atoms with Crippen LogP contribution in [0.2, 0.25) is 9.36 Å². The van der Waals surface area contributed by atoms with Gasteiger partial charge in [0.15, 0.2) is 0 Å². The third kappa shape index (κ3) is 5.15. The second kappa shape index (κ2) is 9.38. The Morgan fingerprint density at radius 3 is 2.50 bits per heavy atom. The first-order chi connectivity index (χ1) is 14.2. The number of urea groups is 1. The summed E-state index contributed by atoms with van der Waals surface area (Å²) < 4.78 is 31.8. The number of carbonyl (C=O) groups is 2. The molecule has 1 aliphatic rings. The number of aromatic nitrogens is 1. The number of amides is 2. The van der Waals surface area contributed by atoms with Crippen LogP contribution in [0.1, 0.15) is 17.3 Å². The number of ether oxygens (including phenoxy) is 1. The zero-order valence-corrected chi connectivity index (χ0v) is 18.9. The molecule has 3 heterocycles. The number of sulfonamides is 1. The van der Waals surface area contributed by atoms with E-state index in [1.165, 1.54) is 29.3 Å². The molecular weight excluding hydrogens is 475 g/mol. The van der Waals surface area contributed by atoms with Gasteiger partial charge in [-0.2, -0.15) is 0 Å². The van der Waals surface area contributed by atoms with Crippen LogP contribution in [-0.4, -0.2) is 63.1 Å². The predicted molar refractivity (Wildman–Crippen MR) is 114 cm³/mol. The molecule has 0 bridgehead atoms. The highest BCUT2D eigenvalue weighted by Gasteiger charge is 2.27. The van der Waals surface area contributed by atoms with E-state index in [-0.39, 0.29) is 34.5 Å². The normalized spacial score (nSPS) is 14.5. The Morgan fingerprint density at radius 2 is 1.93 bits per heavy atom. The highest BCUT2D eigenvalue weighted by atomic mass is 35.5. The molecule has 1 fully saturated rings. The van der Waals surface area contributed by atoms with Gasteiger partial charge in [0.25, 0.3) is 10.0 Å². The van der Waals surface area contributed by atoms with Crippen LogP contribution in [0.15, 0.2) is 28.6 Å². The summed E-state index contributed by atoms with van der Waals surface area (Å²) in [5.41, 5.74) is 0.252. The van der Waals surface area contributed by atoms with Crippen LogP contribution >= 0.6 is 34.5 Å². The molecule has 2 amide bonds. The van der Waals surface area contributed by atoms with Crippen LogP contribution in [0.5, 0.6) is 0 Å². The van der Waals surface area contributed by atoms with E-state index in [4.69, 9.17) is 27.9 Å². The fourth-order valence-electron chi connectivity index (χ4n) is 2.78. The minimum Gasteiger partial charge on any atom is -0.462 e. The molecule has 2 aromatic rings. The maximum Gasteiger partial charge on any atom is 0.339 e.